The SMILES string of the molecule is O=C1O[C@H](c2ccccc2)Cc2cc(C(=O)N3CCC[C@H]3c3nc4ccccc4s3)ccc21. The van der Waals surface area contributed by atoms with Gasteiger partial charge in [0.2, 0.25) is 0 Å². The summed E-state index contributed by atoms with van der Waals surface area (Å²) in [6.45, 7) is 0.713. The number of rotatable bonds is 3. The van der Waals surface area contributed by atoms with Gasteiger partial charge in [-0.1, -0.05) is 42.5 Å². The number of amides is 1. The highest BCUT2D eigenvalue weighted by molar-refractivity contribution is 7.18. The van der Waals surface area contributed by atoms with E-state index in [2.05, 4.69) is 6.07 Å². The van der Waals surface area contributed by atoms with Crippen molar-refractivity contribution in [2.75, 3.05) is 6.54 Å². The van der Waals surface area contributed by atoms with Gasteiger partial charge in [-0.05, 0) is 54.3 Å². The molecule has 0 N–H and O–H groups in total. The summed E-state index contributed by atoms with van der Waals surface area (Å²) < 4.78 is 6.81. The van der Waals surface area contributed by atoms with E-state index in [1.165, 1.54) is 0 Å². The van der Waals surface area contributed by atoms with E-state index in [1.54, 1.807) is 23.5 Å². The smallest absolute Gasteiger partial charge is 0.339 e. The quantitative estimate of drug-likeness (QED) is 0.371. The molecule has 0 aliphatic carbocycles. The fourth-order valence-corrected chi connectivity index (χ4v) is 5.96. The predicted molar refractivity (Wildman–Crippen MR) is 127 cm³/mol. The van der Waals surface area contributed by atoms with Crippen molar-refractivity contribution in [1.29, 1.82) is 0 Å². The van der Waals surface area contributed by atoms with Crippen molar-refractivity contribution in [3.63, 3.8) is 0 Å². The lowest BCUT2D eigenvalue weighted by atomic mass is 9.93. The highest BCUT2D eigenvalue weighted by Gasteiger charge is 2.34. The number of nitrogens with zero attached hydrogens (tertiary/aromatic N) is 2. The van der Waals surface area contributed by atoms with Crippen molar-refractivity contribution >= 4 is 33.4 Å². The van der Waals surface area contributed by atoms with Crippen LogP contribution in [-0.2, 0) is 11.2 Å². The monoisotopic (exact) mass is 454 g/mol. The molecule has 0 unspecified atom stereocenters. The maximum absolute atomic E-state index is 13.6. The van der Waals surface area contributed by atoms with Crippen molar-refractivity contribution < 1.29 is 14.3 Å². The van der Waals surface area contributed by atoms with E-state index in [4.69, 9.17) is 9.72 Å². The van der Waals surface area contributed by atoms with E-state index in [0.717, 1.165) is 39.2 Å². The first-order valence-electron chi connectivity index (χ1n) is 11.2. The zero-order valence-electron chi connectivity index (χ0n) is 17.9. The third-order valence-electron chi connectivity index (χ3n) is 6.51. The minimum absolute atomic E-state index is 0.00485. The van der Waals surface area contributed by atoms with Gasteiger partial charge in [0.05, 0.1) is 21.8 Å². The zero-order chi connectivity index (χ0) is 22.4. The summed E-state index contributed by atoms with van der Waals surface area (Å²) in [6.07, 6.45) is 2.10. The number of esters is 1. The molecule has 1 saturated heterocycles. The van der Waals surface area contributed by atoms with Crippen LogP contribution in [-0.4, -0.2) is 28.3 Å². The van der Waals surface area contributed by atoms with Gasteiger partial charge in [-0.25, -0.2) is 9.78 Å². The molecular formula is C27H22N2O3S. The molecule has 3 heterocycles. The Morgan fingerprint density at radius 3 is 2.70 bits per heavy atom. The summed E-state index contributed by atoms with van der Waals surface area (Å²) in [5, 5.41) is 0.993. The summed E-state index contributed by atoms with van der Waals surface area (Å²) in [7, 11) is 0. The molecule has 33 heavy (non-hydrogen) atoms. The number of fused-ring (bicyclic) bond motifs is 2. The molecule has 0 bridgehead atoms. The molecule has 0 saturated carbocycles. The van der Waals surface area contributed by atoms with Crippen LogP contribution in [0, 0.1) is 0 Å². The molecule has 1 fully saturated rings. The second-order valence-electron chi connectivity index (χ2n) is 8.56. The lowest BCUT2D eigenvalue weighted by molar-refractivity contribution is 0.0252. The first-order chi connectivity index (χ1) is 16.2. The minimum atomic E-state index is -0.336. The number of carbonyl (C=O) groups excluding carboxylic acids is 2. The number of aromatic nitrogens is 1. The fourth-order valence-electron chi connectivity index (χ4n) is 4.85. The summed E-state index contributed by atoms with van der Waals surface area (Å²) in [5.41, 5.74) is 3.97. The van der Waals surface area contributed by atoms with Crippen LogP contribution in [0.3, 0.4) is 0 Å². The Morgan fingerprint density at radius 2 is 1.85 bits per heavy atom. The Kier molecular flexibility index (Phi) is 4.95. The lowest BCUT2D eigenvalue weighted by Gasteiger charge is -2.27. The van der Waals surface area contributed by atoms with Crippen LogP contribution in [0.25, 0.3) is 10.2 Å². The van der Waals surface area contributed by atoms with E-state index < -0.39 is 0 Å². The molecule has 2 atom stereocenters. The van der Waals surface area contributed by atoms with Gasteiger partial charge < -0.3 is 9.64 Å². The number of thiazole rings is 1. The van der Waals surface area contributed by atoms with Gasteiger partial charge >= 0.3 is 5.97 Å². The molecule has 4 aromatic rings. The zero-order valence-corrected chi connectivity index (χ0v) is 18.8. The number of para-hydroxylation sites is 1. The Balaban J connectivity index is 1.29. The third kappa shape index (κ3) is 3.60. The fraction of sp³-hybridized carbons (Fsp3) is 0.222. The van der Waals surface area contributed by atoms with Crippen molar-refractivity contribution in [3.05, 3.63) is 100 Å². The largest absolute Gasteiger partial charge is 0.454 e. The second kappa shape index (κ2) is 8.12. The van der Waals surface area contributed by atoms with Crippen molar-refractivity contribution in [2.45, 2.75) is 31.4 Å². The normalized spacial score (nSPS) is 20.0. The molecule has 1 amide bonds. The van der Waals surface area contributed by atoms with Crippen LogP contribution < -0.4 is 0 Å². The van der Waals surface area contributed by atoms with Crippen LogP contribution in [0.1, 0.15) is 61.8 Å². The van der Waals surface area contributed by atoms with Crippen LogP contribution in [0.4, 0.5) is 0 Å². The molecule has 6 rings (SSSR count). The maximum atomic E-state index is 13.6. The first kappa shape index (κ1) is 20.1. The van der Waals surface area contributed by atoms with Crippen LogP contribution in [0.15, 0.2) is 72.8 Å². The van der Waals surface area contributed by atoms with E-state index in [-0.39, 0.29) is 24.0 Å². The van der Waals surface area contributed by atoms with Gasteiger partial charge in [-0.3, -0.25) is 4.79 Å². The topological polar surface area (TPSA) is 59.5 Å². The molecule has 3 aromatic carbocycles. The van der Waals surface area contributed by atoms with E-state index in [9.17, 15) is 9.59 Å². The van der Waals surface area contributed by atoms with Crippen molar-refractivity contribution in [1.82, 2.24) is 9.88 Å². The molecule has 0 spiro atoms. The predicted octanol–water partition coefficient (Wildman–Crippen LogP) is 5.73. The molecule has 6 heteroatoms. The summed E-state index contributed by atoms with van der Waals surface area (Å²) in [6, 6.07) is 23.2. The maximum Gasteiger partial charge on any atom is 0.339 e. The summed E-state index contributed by atoms with van der Waals surface area (Å²) >= 11 is 1.67. The minimum Gasteiger partial charge on any atom is -0.454 e. The molecule has 2 aliphatic heterocycles. The molecule has 0 radical (unpaired) electrons. The Bertz CT molecular complexity index is 1330. The second-order valence-corrected chi connectivity index (χ2v) is 9.62. The van der Waals surface area contributed by atoms with Gasteiger partial charge in [0, 0.05) is 18.5 Å². The first-order valence-corrected chi connectivity index (χ1v) is 12.0. The van der Waals surface area contributed by atoms with E-state index >= 15 is 0 Å². The average molecular weight is 455 g/mol. The van der Waals surface area contributed by atoms with Gasteiger partial charge in [-0.15, -0.1) is 11.3 Å². The van der Waals surface area contributed by atoms with E-state index in [0.29, 0.717) is 24.1 Å². The number of carbonyl (C=O) groups is 2. The summed E-state index contributed by atoms with van der Waals surface area (Å²) in [4.78, 5) is 32.9. The number of ether oxygens (including phenoxy) is 1. The molecular weight excluding hydrogens is 432 g/mol. The van der Waals surface area contributed by atoms with Crippen LogP contribution >= 0.6 is 11.3 Å². The van der Waals surface area contributed by atoms with Crippen molar-refractivity contribution in [2.24, 2.45) is 0 Å². The van der Waals surface area contributed by atoms with Gasteiger partial charge in [-0.2, -0.15) is 0 Å². The van der Waals surface area contributed by atoms with Crippen molar-refractivity contribution in [3.8, 4) is 0 Å². The van der Waals surface area contributed by atoms with Gasteiger partial charge in [0.25, 0.3) is 5.91 Å². The Labute approximate surface area is 195 Å². The van der Waals surface area contributed by atoms with E-state index in [1.807, 2.05) is 59.5 Å². The Hall–Kier alpha value is -3.51. The lowest BCUT2D eigenvalue weighted by Crippen LogP contribution is -2.31. The summed E-state index contributed by atoms with van der Waals surface area (Å²) in [5.74, 6) is -0.340. The van der Waals surface area contributed by atoms with Gasteiger partial charge in [0.15, 0.2) is 0 Å². The number of cyclic esters (lactones) is 1. The van der Waals surface area contributed by atoms with Crippen LogP contribution in [0.5, 0.6) is 0 Å². The number of benzene rings is 3. The number of likely N-dealkylation sites (tertiary alicyclic amines) is 1. The standard InChI is InChI=1S/C27H22N2O3S/c30-26(29-14-6-10-22(29)25-28-21-9-4-5-11-24(21)33-25)18-12-13-20-19(15-18)16-23(32-27(20)31)17-7-2-1-3-8-17/h1-5,7-9,11-13,15,22-23H,6,10,14,16H2/t22-,23-/m0/s1. The third-order valence-corrected chi connectivity index (χ3v) is 7.64. The highest BCUT2D eigenvalue weighted by Crippen LogP contribution is 2.38. The van der Waals surface area contributed by atoms with Gasteiger partial charge in [0.1, 0.15) is 11.1 Å². The molecule has 2 aliphatic rings. The highest BCUT2D eigenvalue weighted by atomic mass is 32.1. The number of hydrogen-bond acceptors (Lipinski definition) is 5. The molecule has 5 nitrogen and oxygen atoms in total. The molecule has 1 aromatic heterocycles. The number of hydrogen-bond donors (Lipinski definition) is 0. The molecule has 164 valence electrons. The average Bonchev–Trinajstić information content (AvgIpc) is 3.51. The Morgan fingerprint density at radius 1 is 1.03 bits per heavy atom. The van der Waals surface area contributed by atoms with Crippen LogP contribution in [0.2, 0.25) is 0 Å².